The van der Waals surface area contributed by atoms with Crippen LogP contribution < -0.4 is 9.64 Å². The van der Waals surface area contributed by atoms with Gasteiger partial charge in [0.15, 0.2) is 0 Å². The van der Waals surface area contributed by atoms with Gasteiger partial charge in [-0.15, -0.1) is 11.3 Å². The number of esters is 1. The zero-order valence-corrected chi connectivity index (χ0v) is 12.8. The summed E-state index contributed by atoms with van der Waals surface area (Å²) in [5, 5.41) is 1.75. The summed E-state index contributed by atoms with van der Waals surface area (Å²) in [7, 11) is 2.89. The number of ether oxygens (including phenoxy) is 2. The molecule has 0 aliphatic rings. The number of carbonyl (C=O) groups excluding carboxylic acids is 2. The fourth-order valence-electron chi connectivity index (χ4n) is 1.95. The summed E-state index contributed by atoms with van der Waals surface area (Å²) in [5.41, 5.74) is 1.18. The van der Waals surface area contributed by atoms with E-state index in [2.05, 4.69) is 0 Å². The first kappa shape index (κ1) is 15.1. The molecule has 1 aromatic carbocycles. The van der Waals surface area contributed by atoms with E-state index in [1.807, 2.05) is 0 Å². The first-order valence-corrected chi connectivity index (χ1v) is 7.07. The number of anilines is 2. The molecule has 6 heteroatoms. The van der Waals surface area contributed by atoms with E-state index >= 15 is 0 Å². The summed E-state index contributed by atoms with van der Waals surface area (Å²) < 4.78 is 9.86. The summed E-state index contributed by atoms with van der Waals surface area (Å²) in [4.78, 5) is 25.7. The molecule has 2 rings (SSSR count). The van der Waals surface area contributed by atoms with Crippen molar-refractivity contribution < 1.29 is 19.1 Å². The molecule has 0 radical (unpaired) electrons. The smallest absolute Gasteiger partial charge is 0.350 e. The number of hydrogen-bond donors (Lipinski definition) is 0. The highest BCUT2D eigenvalue weighted by molar-refractivity contribution is 7.12. The second kappa shape index (κ2) is 6.41. The van der Waals surface area contributed by atoms with Crippen LogP contribution in [0.1, 0.15) is 16.6 Å². The van der Waals surface area contributed by atoms with Crippen LogP contribution in [0.4, 0.5) is 11.4 Å². The van der Waals surface area contributed by atoms with Crippen LogP contribution in [0.5, 0.6) is 5.75 Å². The van der Waals surface area contributed by atoms with E-state index in [1.165, 1.54) is 30.3 Å². The highest BCUT2D eigenvalue weighted by Gasteiger charge is 2.22. The van der Waals surface area contributed by atoms with Gasteiger partial charge in [-0.3, -0.25) is 9.69 Å². The number of methoxy groups -OCH3 is 2. The average Bonchev–Trinajstić information content (AvgIpc) is 2.96. The summed E-state index contributed by atoms with van der Waals surface area (Å²) in [6.07, 6.45) is 0. The average molecular weight is 305 g/mol. The maximum atomic E-state index is 12.0. The van der Waals surface area contributed by atoms with Crippen molar-refractivity contribution in [2.45, 2.75) is 6.92 Å². The fraction of sp³-hybridized carbons (Fsp3) is 0.200. The second-order valence-corrected chi connectivity index (χ2v) is 5.10. The highest BCUT2D eigenvalue weighted by Crippen LogP contribution is 2.33. The predicted molar refractivity (Wildman–Crippen MR) is 81.5 cm³/mol. The topological polar surface area (TPSA) is 55.8 Å². The van der Waals surface area contributed by atoms with Crippen molar-refractivity contribution in [3.8, 4) is 5.75 Å². The monoisotopic (exact) mass is 305 g/mol. The first-order chi connectivity index (χ1) is 10.1. The summed E-state index contributed by atoms with van der Waals surface area (Å²) in [6, 6.07) is 8.77. The Balaban J connectivity index is 2.46. The van der Waals surface area contributed by atoms with E-state index in [0.717, 1.165) is 0 Å². The normalized spacial score (nSPS) is 10.0. The molecule has 21 heavy (non-hydrogen) atoms. The van der Waals surface area contributed by atoms with E-state index in [4.69, 9.17) is 9.47 Å². The van der Waals surface area contributed by atoms with Crippen LogP contribution in [0, 0.1) is 0 Å². The number of thiophene rings is 1. The molecule has 0 saturated carbocycles. The van der Waals surface area contributed by atoms with Crippen molar-refractivity contribution in [2.75, 3.05) is 19.1 Å². The van der Waals surface area contributed by atoms with Gasteiger partial charge < -0.3 is 9.47 Å². The molecule has 0 aliphatic carbocycles. The fourth-order valence-corrected chi connectivity index (χ4v) is 2.74. The van der Waals surface area contributed by atoms with Crippen LogP contribution in [-0.2, 0) is 9.53 Å². The van der Waals surface area contributed by atoms with Gasteiger partial charge in [-0.25, -0.2) is 4.79 Å². The molecule has 0 aliphatic heterocycles. The van der Waals surface area contributed by atoms with Crippen molar-refractivity contribution in [1.29, 1.82) is 0 Å². The molecule has 0 unspecified atom stereocenters. The van der Waals surface area contributed by atoms with Gasteiger partial charge in [0.25, 0.3) is 0 Å². The second-order valence-electron chi connectivity index (χ2n) is 4.18. The maximum absolute atomic E-state index is 12.0. The molecule has 0 saturated heterocycles. The molecule has 5 nitrogen and oxygen atoms in total. The van der Waals surface area contributed by atoms with E-state index in [1.54, 1.807) is 42.8 Å². The van der Waals surface area contributed by atoms with Crippen molar-refractivity contribution in [3.63, 3.8) is 0 Å². The summed E-state index contributed by atoms with van der Waals surface area (Å²) >= 11 is 1.24. The van der Waals surface area contributed by atoms with Crippen LogP contribution >= 0.6 is 11.3 Å². The lowest BCUT2D eigenvalue weighted by atomic mass is 10.2. The zero-order chi connectivity index (χ0) is 15.4. The molecule has 0 bridgehead atoms. The molecule has 110 valence electrons. The van der Waals surface area contributed by atoms with Gasteiger partial charge in [0.05, 0.1) is 19.9 Å². The van der Waals surface area contributed by atoms with Crippen molar-refractivity contribution in [3.05, 3.63) is 40.6 Å². The Bertz CT molecular complexity index is 648. The minimum absolute atomic E-state index is 0.191. The number of benzene rings is 1. The number of carbonyl (C=O) groups is 2. The van der Waals surface area contributed by atoms with Crippen LogP contribution in [0.15, 0.2) is 35.7 Å². The highest BCUT2D eigenvalue weighted by atomic mass is 32.1. The lowest BCUT2D eigenvalue weighted by Crippen LogP contribution is -2.24. The van der Waals surface area contributed by atoms with Crippen molar-refractivity contribution in [2.24, 2.45) is 0 Å². The molecule has 0 N–H and O–H groups in total. The SMILES string of the molecule is COC(=O)c1sccc1N(C(C)=O)c1ccc(OC)cc1. The number of amides is 1. The van der Waals surface area contributed by atoms with E-state index < -0.39 is 5.97 Å². The summed E-state index contributed by atoms with van der Waals surface area (Å²) in [5.74, 6) is 0.0456. The standard InChI is InChI=1S/C15H15NO4S/c1-10(17)16(11-4-6-12(19-2)7-5-11)13-8-9-21-14(13)15(18)20-3/h4-9H,1-3H3. The Morgan fingerprint density at radius 1 is 1.10 bits per heavy atom. The largest absolute Gasteiger partial charge is 0.497 e. The Morgan fingerprint density at radius 2 is 1.76 bits per heavy atom. The summed E-state index contributed by atoms with van der Waals surface area (Å²) in [6.45, 7) is 1.45. The van der Waals surface area contributed by atoms with Gasteiger partial charge in [0, 0.05) is 12.6 Å². The molecule has 0 fully saturated rings. The zero-order valence-electron chi connectivity index (χ0n) is 12.0. The Morgan fingerprint density at radius 3 is 2.29 bits per heavy atom. The van der Waals surface area contributed by atoms with Gasteiger partial charge in [-0.05, 0) is 35.7 Å². The Hall–Kier alpha value is -2.34. The lowest BCUT2D eigenvalue weighted by molar-refractivity contribution is -0.115. The van der Waals surface area contributed by atoms with Crippen LogP contribution in [0.3, 0.4) is 0 Å². The molecule has 0 atom stereocenters. The molecule has 1 amide bonds. The maximum Gasteiger partial charge on any atom is 0.350 e. The third-order valence-corrected chi connectivity index (χ3v) is 3.79. The van der Waals surface area contributed by atoms with Gasteiger partial charge in [-0.1, -0.05) is 0 Å². The molecule has 1 aromatic heterocycles. The van der Waals surface area contributed by atoms with E-state index in [0.29, 0.717) is 22.0 Å². The quantitative estimate of drug-likeness (QED) is 0.814. The van der Waals surface area contributed by atoms with Crippen molar-refractivity contribution in [1.82, 2.24) is 0 Å². The first-order valence-electron chi connectivity index (χ1n) is 6.19. The van der Waals surface area contributed by atoms with E-state index in [9.17, 15) is 9.59 Å². The van der Waals surface area contributed by atoms with Gasteiger partial charge in [-0.2, -0.15) is 0 Å². The predicted octanol–water partition coefficient (Wildman–Crippen LogP) is 3.23. The number of rotatable bonds is 4. The molecule has 2 aromatic rings. The van der Waals surface area contributed by atoms with E-state index in [-0.39, 0.29) is 5.91 Å². The molecule has 0 spiro atoms. The van der Waals surface area contributed by atoms with Gasteiger partial charge >= 0.3 is 5.97 Å². The van der Waals surface area contributed by atoms with Crippen LogP contribution in [-0.4, -0.2) is 26.1 Å². The van der Waals surface area contributed by atoms with Gasteiger partial charge in [0.2, 0.25) is 5.91 Å². The molecule has 1 heterocycles. The molecular weight excluding hydrogens is 290 g/mol. The third kappa shape index (κ3) is 3.05. The minimum atomic E-state index is -0.459. The molecular formula is C15H15NO4S. The van der Waals surface area contributed by atoms with Crippen LogP contribution in [0.2, 0.25) is 0 Å². The van der Waals surface area contributed by atoms with Crippen LogP contribution in [0.25, 0.3) is 0 Å². The third-order valence-electron chi connectivity index (χ3n) is 2.90. The number of nitrogens with zero attached hydrogens (tertiary/aromatic N) is 1. The van der Waals surface area contributed by atoms with Crippen molar-refractivity contribution >= 4 is 34.6 Å². The number of hydrogen-bond acceptors (Lipinski definition) is 5. The Kier molecular flexibility index (Phi) is 4.59. The minimum Gasteiger partial charge on any atom is -0.497 e. The van der Waals surface area contributed by atoms with Gasteiger partial charge in [0.1, 0.15) is 10.6 Å². The Labute approximate surface area is 126 Å². The lowest BCUT2D eigenvalue weighted by Gasteiger charge is -2.21.